The van der Waals surface area contributed by atoms with E-state index in [-0.39, 0.29) is 22.5 Å². The van der Waals surface area contributed by atoms with Gasteiger partial charge in [0.25, 0.3) is 0 Å². The maximum absolute atomic E-state index is 15.3. The van der Waals surface area contributed by atoms with Gasteiger partial charge in [0.05, 0.1) is 22.7 Å². The number of rotatable bonds is 5. The van der Waals surface area contributed by atoms with Gasteiger partial charge in [0.1, 0.15) is 5.82 Å². The molecule has 0 bridgehead atoms. The first-order valence-corrected chi connectivity index (χ1v) is 9.93. The zero-order chi connectivity index (χ0) is 22.6. The number of ether oxygens (including phenoxy) is 2. The molecule has 0 saturated heterocycles. The first-order chi connectivity index (χ1) is 15.3. The first-order valence-electron chi connectivity index (χ1n) is 9.93. The van der Waals surface area contributed by atoms with Crippen molar-refractivity contribution in [3.63, 3.8) is 0 Å². The second kappa shape index (κ2) is 7.56. The van der Waals surface area contributed by atoms with E-state index in [2.05, 4.69) is 10.1 Å². The number of nitrogens with zero attached hydrogens (tertiary/aromatic N) is 1. The van der Waals surface area contributed by atoms with Gasteiger partial charge in [-0.25, -0.2) is 9.18 Å². The van der Waals surface area contributed by atoms with E-state index in [1.807, 2.05) is 0 Å². The summed E-state index contributed by atoms with van der Waals surface area (Å²) in [7, 11) is 0. The number of halogens is 3. The van der Waals surface area contributed by atoms with Crippen LogP contribution < -0.4 is 20.2 Å². The van der Waals surface area contributed by atoms with Crippen molar-refractivity contribution in [1.29, 1.82) is 0 Å². The monoisotopic (exact) mass is 446 g/mol. The molecule has 0 spiro atoms. The highest BCUT2D eigenvalue weighted by molar-refractivity contribution is 5.94. The molecule has 32 heavy (non-hydrogen) atoms. The lowest BCUT2D eigenvalue weighted by Crippen LogP contribution is -2.18. The molecule has 2 heterocycles. The zero-order valence-corrected chi connectivity index (χ0v) is 16.5. The van der Waals surface area contributed by atoms with Crippen molar-refractivity contribution >= 4 is 17.1 Å². The highest BCUT2D eigenvalue weighted by Gasteiger charge is 2.31. The molecule has 1 aromatic heterocycles. The van der Waals surface area contributed by atoms with Crippen LogP contribution >= 0.6 is 0 Å². The Morgan fingerprint density at radius 1 is 1.19 bits per heavy atom. The van der Waals surface area contributed by atoms with Gasteiger partial charge in [0.2, 0.25) is 5.43 Å². The van der Waals surface area contributed by atoms with Gasteiger partial charge in [-0.05, 0) is 41.7 Å². The number of carbonyl (C=O) groups is 1. The highest BCUT2D eigenvalue weighted by Crippen LogP contribution is 2.45. The van der Waals surface area contributed by atoms with Gasteiger partial charge in [-0.15, -0.1) is 0 Å². The minimum absolute atomic E-state index is 0.0226. The molecule has 10 heteroatoms. The smallest absolute Gasteiger partial charge is 0.449 e. The third-order valence-corrected chi connectivity index (χ3v) is 5.66. The summed E-state index contributed by atoms with van der Waals surface area (Å²) in [5.41, 5.74) is 1.13. The van der Waals surface area contributed by atoms with Crippen LogP contribution in [0.4, 0.5) is 18.0 Å². The molecule has 2 N–H and O–H groups in total. The second-order valence-corrected chi connectivity index (χ2v) is 7.75. The Hall–Kier alpha value is -3.53. The van der Waals surface area contributed by atoms with Gasteiger partial charge in [-0.3, -0.25) is 4.79 Å². The minimum Gasteiger partial charge on any atom is -0.449 e. The number of benzene rings is 2. The number of hydrogen-bond acceptors (Lipinski definition) is 5. The van der Waals surface area contributed by atoms with Crippen LogP contribution in [0.3, 0.4) is 0 Å². The van der Waals surface area contributed by atoms with Crippen LogP contribution in [0.5, 0.6) is 11.5 Å². The molecule has 3 aromatic rings. The number of hydrogen-bond donors (Lipinski definition) is 2. The number of nitrogens with one attached hydrogen (secondary N) is 1. The number of aromatic nitrogens is 1. The first kappa shape index (κ1) is 20.4. The van der Waals surface area contributed by atoms with Gasteiger partial charge in [-0.2, -0.15) is 8.78 Å². The average molecular weight is 446 g/mol. The Labute approximate surface area is 179 Å². The molecule has 0 radical (unpaired) electrons. The molecule has 2 aliphatic rings. The summed E-state index contributed by atoms with van der Waals surface area (Å²) in [6.45, 7) is -2.05. The van der Waals surface area contributed by atoms with Crippen molar-refractivity contribution in [1.82, 2.24) is 9.88 Å². The summed E-state index contributed by atoms with van der Waals surface area (Å²) in [6.07, 6.45) is 0.797. The van der Waals surface area contributed by atoms with Crippen molar-refractivity contribution in [2.75, 3.05) is 0 Å². The van der Waals surface area contributed by atoms with Crippen molar-refractivity contribution in [3.05, 3.63) is 57.6 Å². The molecule has 1 aliphatic carbocycles. The summed E-state index contributed by atoms with van der Waals surface area (Å²) in [4.78, 5) is 23.8. The summed E-state index contributed by atoms with van der Waals surface area (Å²) in [5.74, 6) is -1.94. The molecule has 1 aliphatic heterocycles. The summed E-state index contributed by atoms with van der Waals surface area (Å²) in [5, 5.41) is 11.8. The molecule has 166 valence electrons. The van der Waals surface area contributed by atoms with Crippen LogP contribution in [0.15, 0.2) is 35.3 Å². The maximum Gasteiger partial charge on any atom is 0.511 e. The molecule has 7 nitrogen and oxygen atoms in total. The molecular weight excluding hydrogens is 429 g/mol. The van der Waals surface area contributed by atoms with Crippen LogP contribution in [-0.2, 0) is 13.1 Å². The van der Waals surface area contributed by atoms with Gasteiger partial charge in [-0.1, -0.05) is 12.1 Å². The summed E-state index contributed by atoms with van der Waals surface area (Å²) >= 11 is 0. The van der Waals surface area contributed by atoms with Crippen molar-refractivity contribution < 1.29 is 32.5 Å². The Morgan fingerprint density at radius 3 is 2.62 bits per heavy atom. The molecule has 0 amide bonds. The maximum atomic E-state index is 15.3. The number of carboxylic acid groups (broad SMARTS) is 1. The SMILES string of the molecule is O=C(O)Oc1cn(C2CC2)c2c(OC(F)F)c(-c3ccc4c(c3)CNC4)c(F)cc2c1=O. The summed E-state index contributed by atoms with van der Waals surface area (Å²) in [6, 6.07) is 5.86. The molecule has 0 unspecified atom stereocenters. The second-order valence-electron chi connectivity index (χ2n) is 7.75. The molecule has 1 saturated carbocycles. The van der Waals surface area contributed by atoms with Crippen LogP contribution in [0, 0.1) is 5.82 Å². The van der Waals surface area contributed by atoms with E-state index in [1.165, 1.54) is 4.57 Å². The fourth-order valence-electron chi connectivity index (χ4n) is 4.16. The lowest BCUT2D eigenvalue weighted by molar-refractivity contribution is -0.0487. The van der Waals surface area contributed by atoms with E-state index in [1.54, 1.807) is 18.2 Å². The normalized spacial score (nSPS) is 15.2. The highest BCUT2D eigenvalue weighted by atomic mass is 19.3. The number of alkyl halides is 2. The lowest BCUT2D eigenvalue weighted by atomic mass is 9.97. The van der Waals surface area contributed by atoms with Crippen LogP contribution in [0.25, 0.3) is 22.0 Å². The fourth-order valence-corrected chi connectivity index (χ4v) is 4.16. The van der Waals surface area contributed by atoms with Gasteiger partial charge < -0.3 is 24.5 Å². The Balaban J connectivity index is 1.84. The van der Waals surface area contributed by atoms with Crippen molar-refractivity contribution in [3.8, 4) is 22.6 Å². The number of pyridine rings is 1. The van der Waals surface area contributed by atoms with E-state index in [9.17, 15) is 18.4 Å². The van der Waals surface area contributed by atoms with Gasteiger partial charge in [0.15, 0.2) is 11.5 Å². The third kappa shape index (κ3) is 3.46. The predicted molar refractivity (Wildman–Crippen MR) is 108 cm³/mol. The van der Waals surface area contributed by atoms with E-state index in [0.717, 1.165) is 23.4 Å². The third-order valence-electron chi connectivity index (χ3n) is 5.66. The standard InChI is InChI=1S/C22H17F3N2O5/c23-15-6-14-18(27(13-3-4-13)9-16(19(14)28)31-22(29)30)20(32-21(24)25)17(15)10-1-2-11-7-26-8-12(11)5-10/h1-2,5-6,9,13,21,26H,3-4,7-8H2,(H,29,30). The lowest BCUT2D eigenvalue weighted by Gasteiger charge is -2.20. The van der Waals surface area contributed by atoms with Gasteiger partial charge >= 0.3 is 12.8 Å². The van der Waals surface area contributed by atoms with Crippen LogP contribution in [0.2, 0.25) is 0 Å². The zero-order valence-electron chi connectivity index (χ0n) is 16.5. The molecule has 1 fully saturated rings. The molecule has 5 rings (SSSR count). The van der Waals surface area contributed by atoms with Crippen molar-refractivity contribution in [2.45, 2.75) is 38.6 Å². The Kier molecular flexibility index (Phi) is 4.81. The van der Waals surface area contributed by atoms with E-state index >= 15 is 4.39 Å². The van der Waals surface area contributed by atoms with E-state index < -0.39 is 35.5 Å². The van der Waals surface area contributed by atoms with Gasteiger partial charge in [0, 0.05) is 19.1 Å². The molecule has 0 atom stereocenters. The van der Waals surface area contributed by atoms with Crippen molar-refractivity contribution in [2.24, 2.45) is 0 Å². The predicted octanol–water partition coefficient (Wildman–Crippen LogP) is 4.40. The Morgan fingerprint density at radius 2 is 1.94 bits per heavy atom. The topological polar surface area (TPSA) is 89.8 Å². The van der Waals surface area contributed by atoms with Crippen LogP contribution in [0.1, 0.15) is 30.0 Å². The Bertz CT molecular complexity index is 1320. The average Bonchev–Trinajstić information content (AvgIpc) is 3.46. The minimum atomic E-state index is -3.27. The fraction of sp³-hybridized carbons (Fsp3) is 0.273. The van der Waals surface area contributed by atoms with E-state index in [0.29, 0.717) is 31.5 Å². The van der Waals surface area contributed by atoms with E-state index in [4.69, 9.17) is 9.84 Å². The summed E-state index contributed by atoms with van der Waals surface area (Å²) < 4.78 is 53.1. The number of fused-ring (bicyclic) bond motifs is 2. The van der Waals surface area contributed by atoms with Crippen LogP contribution in [-0.4, -0.2) is 22.4 Å². The quantitative estimate of drug-likeness (QED) is 0.565. The largest absolute Gasteiger partial charge is 0.511 e. The molecule has 2 aromatic carbocycles. The molecular formula is C22H17F3N2O5.